The molecule has 2 aromatic carbocycles. The van der Waals surface area contributed by atoms with Gasteiger partial charge in [-0.3, -0.25) is 28.8 Å². The summed E-state index contributed by atoms with van der Waals surface area (Å²) in [5.74, 6) is 0.320. The molecule has 1 aliphatic carbocycles. The summed E-state index contributed by atoms with van der Waals surface area (Å²) in [5.41, 5.74) is 3.56. The Morgan fingerprint density at radius 2 is 1.12 bits per heavy atom. The van der Waals surface area contributed by atoms with E-state index in [1.807, 2.05) is 30.3 Å². The maximum atomic E-state index is 14.5. The van der Waals surface area contributed by atoms with Crippen molar-refractivity contribution in [2.45, 2.75) is 210 Å². The number of fused-ring (bicyclic) bond motifs is 3. The van der Waals surface area contributed by atoms with E-state index in [0.29, 0.717) is 45.4 Å². The lowest BCUT2D eigenvalue weighted by atomic mass is 9.83. The fourth-order valence-corrected chi connectivity index (χ4v) is 15.3. The lowest BCUT2D eigenvalue weighted by molar-refractivity contribution is -0.144. The van der Waals surface area contributed by atoms with Gasteiger partial charge in [-0.1, -0.05) is 128 Å². The van der Waals surface area contributed by atoms with Crippen molar-refractivity contribution in [3.05, 3.63) is 70.8 Å². The predicted octanol–water partition coefficient (Wildman–Crippen LogP) is 6.93. The van der Waals surface area contributed by atoms with Crippen LogP contribution in [0.2, 0.25) is 0 Å². The van der Waals surface area contributed by atoms with Crippen LogP contribution in [0.3, 0.4) is 0 Å². The molecule has 78 heavy (non-hydrogen) atoms. The van der Waals surface area contributed by atoms with Gasteiger partial charge in [0.1, 0.15) is 24.2 Å². The molecule has 18 heteroatoms. The molecule has 2 aromatic rings. The molecule has 432 valence electrons. The monoisotopic (exact) mass is 1120 g/mol. The summed E-state index contributed by atoms with van der Waals surface area (Å²) in [4.78, 5) is 85.7. The number of nitrogens with zero attached hydrogens (tertiary/aromatic N) is 2. The molecule has 4 aliphatic heterocycles. The minimum atomic E-state index is -0.672. The number of thioether (sulfide) groups is 2. The highest BCUT2D eigenvalue weighted by molar-refractivity contribution is 8.00. The molecule has 6 N–H and O–H groups in total. The quantitative estimate of drug-likeness (QED) is 0.0482. The first kappa shape index (κ1) is 61.4. The number of hydrogen-bond acceptors (Lipinski definition) is 12. The van der Waals surface area contributed by atoms with E-state index in [-0.39, 0.29) is 58.3 Å². The molecule has 0 spiro atoms. The number of hydrogen-bond donors (Lipinski definition) is 6. The van der Waals surface area contributed by atoms with Crippen molar-refractivity contribution in [3.63, 3.8) is 0 Å². The summed E-state index contributed by atoms with van der Waals surface area (Å²) >= 11 is 3.40. The van der Waals surface area contributed by atoms with Gasteiger partial charge < -0.3 is 51.2 Å². The molecule has 0 bridgehead atoms. The lowest BCUT2D eigenvalue weighted by Gasteiger charge is -2.35. The Kier molecular flexibility index (Phi) is 22.8. The topological polar surface area (TPSA) is 200 Å². The first-order valence-corrected chi connectivity index (χ1v) is 31.3. The van der Waals surface area contributed by atoms with Crippen molar-refractivity contribution in [1.29, 1.82) is 0 Å². The molecule has 6 amide bonds. The van der Waals surface area contributed by atoms with Gasteiger partial charge >= 0.3 is 0 Å². The van der Waals surface area contributed by atoms with E-state index in [1.165, 1.54) is 44.1 Å². The molecule has 4 fully saturated rings. The highest BCUT2D eigenvalue weighted by atomic mass is 32.2. The number of rotatable bonds is 28. The highest BCUT2D eigenvalue weighted by Gasteiger charge is 2.56. The Bertz CT molecular complexity index is 2360. The van der Waals surface area contributed by atoms with Crippen molar-refractivity contribution in [1.82, 2.24) is 41.7 Å². The second kappa shape index (κ2) is 29.0. The molecule has 5 aliphatic rings. The molecular weight excluding hydrogens is 1020 g/mol. The summed E-state index contributed by atoms with van der Waals surface area (Å²) in [6.07, 6.45) is 15.3. The third-order valence-electron chi connectivity index (χ3n) is 17.0. The van der Waals surface area contributed by atoms with Gasteiger partial charge in [0.25, 0.3) is 0 Å². The number of unbranched alkanes of at least 4 members (excludes halogenated alkanes) is 9. The van der Waals surface area contributed by atoms with Gasteiger partial charge in [-0.05, 0) is 117 Å². The molecule has 0 unspecified atom stereocenters. The van der Waals surface area contributed by atoms with Crippen LogP contribution in [0.1, 0.15) is 160 Å². The maximum Gasteiger partial charge on any atom is 0.246 e. The van der Waals surface area contributed by atoms with Crippen molar-refractivity contribution in [3.8, 4) is 0 Å². The summed E-state index contributed by atoms with van der Waals surface area (Å²) in [5, 5.41) is 18.1. The molecule has 0 aromatic heterocycles. The summed E-state index contributed by atoms with van der Waals surface area (Å²) in [6, 6.07) is 12.6. The molecule has 0 radical (unpaired) electrons. The van der Waals surface area contributed by atoms with Crippen molar-refractivity contribution >= 4 is 59.0 Å². The Morgan fingerprint density at radius 1 is 0.628 bits per heavy atom. The van der Waals surface area contributed by atoms with Gasteiger partial charge in [0.15, 0.2) is 0 Å². The van der Waals surface area contributed by atoms with E-state index < -0.39 is 47.1 Å². The van der Waals surface area contributed by atoms with Gasteiger partial charge in [-0.15, -0.1) is 23.5 Å². The van der Waals surface area contributed by atoms with Crippen LogP contribution in [0.5, 0.6) is 0 Å². The molecular formula is C60H92N8O8S2. The van der Waals surface area contributed by atoms with Gasteiger partial charge in [0.2, 0.25) is 35.4 Å². The van der Waals surface area contributed by atoms with Crippen LogP contribution in [0.15, 0.2) is 48.5 Å². The van der Waals surface area contributed by atoms with Crippen LogP contribution >= 0.6 is 23.5 Å². The second-order valence-electron chi connectivity index (χ2n) is 23.7. The largest absolute Gasteiger partial charge is 0.381 e. The van der Waals surface area contributed by atoms with E-state index in [0.717, 1.165) is 73.3 Å². The van der Waals surface area contributed by atoms with Gasteiger partial charge in [0.05, 0.1) is 41.6 Å². The minimum Gasteiger partial charge on any atom is -0.381 e. The van der Waals surface area contributed by atoms with E-state index in [1.54, 1.807) is 61.3 Å². The van der Waals surface area contributed by atoms with E-state index in [9.17, 15) is 28.8 Å². The average molecular weight is 1120 g/mol. The van der Waals surface area contributed by atoms with Gasteiger partial charge in [0, 0.05) is 26.2 Å². The zero-order chi connectivity index (χ0) is 56.0. The first-order valence-electron chi connectivity index (χ1n) is 29.2. The number of carbonyl (C=O) groups is 6. The van der Waals surface area contributed by atoms with E-state index in [2.05, 4.69) is 77.8 Å². The number of nitrogens with one attached hydrogen (secondary N) is 6. The molecule has 4 saturated heterocycles. The van der Waals surface area contributed by atoms with Crippen molar-refractivity contribution in [2.75, 3.05) is 45.4 Å². The highest BCUT2D eigenvalue weighted by Crippen LogP contribution is 2.48. The molecule has 10 atom stereocenters. The average Bonchev–Trinajstić information content (AvgIpc) is 4.09. The van der Waals surface area contributed by atoms with Gasteiger partial charge in [-0.2, -0.15) is 0 Å². The number of ether oxygens (including phenoxy) is 2. The predicted molar refractivity (Wildman–Crippen MR) is 310 cm³/mol. The number of benzene rings is 2. The van der Waals surface area contributed by atoms with Crippen molar-refractivity contribution < 1.29 is 38.2 Å². The molecule has 7 rings (SSSR count). The SMILES string of the molecule is CN[C@@H](C)C(=O)N[C@H]1CCS[C@H]2CC(C)(C)[C@@H](C(=O)NCc3ccccc3CCOCCCCCCCCCCCCO[C@@H]3Cc4ccccc4[C@@H]3NC(=O)[C@H]3N4C(=O)[C@@H](NC(=O)[C@H](C)NC)CCS[C@H]4CC3(C)C)N2C1=O. The fourth-order valence-electron chi connectivity index (χ4n) is 12.2. The Hall–Kier alpha value is -4.20. The van der Waals surface area contributed by atoms with Gasteiger partial charge in [-0.25, -0.2) is 0 Å². The fraction of sp³-hybridized carbons (Fsp3) is 0.700. The maximum absolute atomic E-state index is 14.5. The molecule has 4 heterocycles. The van der Waals surface area contributed by atoms with Crippen LogP contribution in [0, 0.1) is 10.8 Å². The van der Waals surface area contributed by atoms with Crippen molar-refractivity contribution in [2.24, 2.45) is 10.8 Å². The third-order valence-corrected chi connectivity index (χ3v) is 19.5. The minimum absolute atomic E-state index is 0.110. The Labute approximate surface area is 473 Å². The Balaban J connectivity index is 0.750. The van der Waals surface area contributed by atoms with Crippen LogP contribution in [0.25, 0.3) is 0 Å². The van der Waals surface area contributed by atoms with Crippen LogP contribution in [-0.4, -0.2) is 144 Å². The zero-order valence-electron chi connectivity index (χ0n) is 47.9. The molecule has 0 saturated carbocycles. The van der Waals surface area contributed by atoms with E-state index in [4.69, 9.17) is 9.47 Å². The summed E-state index contributed by atoms with van der Waals surface area (Å²) < 4.78 is 12.7. The standard InChI is InChI=1S/C60H92N8O8S2/c1-39(61-7)53(69)64-45-28-33-77-48-36-59(3,4)51(67(48)57(45)73)55(71)63-38-43-25-18-17-23-41(43)27-32-75-30-21-15-13-11-9-10-12-14-16-22-31-76-47-35-42-24-19-20-26-44(42)50(47)66-56(72)52-60(5,6)37-49-68(52)58(74)46(29-34-78-49)65-54(70)40(2)62-8/h17-20,23-26,39-40,45-52,61-62H,9-16,21-22,27-38H2,1-8H3,(H,63,71)(H,64,69)(H,65,70)(H,66,72)/t39-,40-,45-,46-,47+,48-,49-,50-,51+,52+/m0/s1. The van der Waals surface area contributed by atoms with Crippen LogP contribution in [-0.2, 0) is 57.6 Å². The van der Waals surface area contributed by atoms with Crippen LogP contribution < -0.4 is 31.9 Å². The normalized spacial score (nSPS) is 26.0. The number of carbonyl (C=O) groups excluding carboxylic acids is 6. The Morgan fingerprint density at radius 3 is 1.67 bits per heavy atom. The smallest absolute Gasteiger partial charge is 0.246 e. The van der Waals surface area contributed by atoms with Crippen LogP contribution in [0.4, 0.5) is 0 Å². The lowest BCUT2D eigenvalue weighted by Crippen LogP contribution is -2.58. The number of amides is 6. The first-order chi connectivity index (χ1) is 37.4. The second-order valence-corrected chi connectivity index (χ2v) is 26.3. The third kappa shape index (κ3) is 15.6. The number of likely N-dealkylation sites (N-methyl/N-ethyl adjacent to an activating group) is 2. The summed E-state index contributed by atoms with van der Waals surface area (Å²) in [6.45, 7) is 14.1. The molecule has 16 nitrogen and oxygen atoms in total. The zero-order valence-corrected chi connectivity index (χ0v) is 49.6. The van der Waals surface area contributed by atoms with E-state index >= 15 is 0 Å². The summed E-state index contributed by atoms with van der Waals surface area (Å²) in [7, 11) is 3.44.